The lowest BCUT2D eigenvalue weighted by Crippen LogP contribution is -2.33. The summed E-state index contributed by atoms with van der Waals surface area (Å²) in [7, 11) is 0. The smallest absolute Gasteiger partial charge is 0.283 e. The van der Waals surface area contributed by atoms with Gasteiger partial charge in [-0.3, -0.25) is 10.1 Å². The van der Waals surface area contributed by atoms with Crippen molar-refractivity contribution in [2.75, 3.05) is 5.32 Å². The number of anilines is 1. The number of hydrogen-bond acceptors (Lipinski definition) is 3. The second-order valence-electron chi connectivity index (χ2n) is 4.34. The van der Waals surface area contributed by atoms with Crippen molar-refractivity contribution in [2.45, 2.75) is 25.8 Å². The first-order valence-electron chi connectivity index (χ1n) is 5.26. The molecule has 0 radical (unpaired) electrons. The number of hydrogen-bond donors (Lipinski definition) is 1. The van der Waals surface area contributed by atoms with Gasteiger partial charge in [0.15, 0.2) is 0 Å². The highest BCUT2D eigenvalue weighted by atomic mass is 79.9. The van der Waals surface area contributed by atoms with Crippen molar-refractivity contribution < 1.29 is 4.92 Å². The quantitative estimate of drug-likeness (QED) is 0.682. The molecule has 0 heterocycles. The minimum atomic E-state index is -0.390. The van der Waals surface area contributed by atoms with Gasteiger partial charge in [-0.05, 0) is 46.8 Å². The normalized spacial score (nSPS) is 23.6. The third-order valence-corrected chi connectivity index (χ3v) is 3.52. The summed E-state index contributed by atoms with van der Waals surface area (Å²) in [6.07, 6.45) is 2.35. The number of nitro groups is 1. The van der Waals surface area contributed by atoms with Gasteiger partial charge in [-0.25, -0.2) is 0 Å². The van der Waals surface area contributed by atoms with Crippen molar-refractivity contribution in [2.24, 2.45) is 5.92 Å². The zero-order valence-electron chi connectivity index (χ0n) is 8.94. The van der Waals surface area contributed by atoms with E-state index in [0.717, 1.165) is 11.6 Å². The Hall–Kier alpha value is -1.10. The van der Waals surface area contributed by atoms with Gasteiger partial charge in [0.05, 0.1) is 9.40 Å². The van der Waals surface area contributed by atoms with E-state index in [2.05, 4.69) is 28.2 Å². The number of rotatable bonds is 3. The average Bonchev–Trinajstić information content (AvgIpc) is 2.15. The van der Waals surface area contributed by atoms with E-state index in [4.69, 9.17) is 0 Å². The second-order valence-corrected chi connectivity index (χ2v) is 5.20. The summed E-state index contributed by atoms with van der Waals surface area (Å²) in [6, 6.07) is 5.56. The van der Waals surface area contributed by atoms with Gasteiger partial charge in [-0.1, -0.05) is 6.92 Å². The predicted molar refractivity (Wildman–Crippen MR) is 66.6 cm³/mol. The van der Waals surface area contributed by atoms with Crippen LogP contribution in [0.5, 0.6) is 0 Å². The van der Waals surface area contributed by atoms with Gasteiger partial charge >= 0.3 is 0 Å². The molecule has 0 aliphatic heterocycles. The minimum Gasteiger partial charge on any atom is -0.382 e. The fourth-order valence-electron chi connectivity index (χ4n) is 2.00. The molecule has 2 rings (SSSR count). The van der Waals surface area contributed by atoms with Crippen LogP contribution >= 0.6 is 15.9 Å². The Balaban J connectivity index is 2.06. The number of benzene rings is 1. The fourth-order valence-corrected chi connectivity index (χ4v) is 2.52. The van der Waals surface area contributed by atoms with Crippen LogP contribution in [-0.2, 0) is 0 Å². The van der Waals surface area contributed by atoms with Crippen molar-refractivity contribution in [3.8, 4) is 0 Å². The first kappa shape index (κ1) is 11.4. The first-order valence-corrected chi connectivity index (χ1v) is 6.06. The SMILES string of the molecule is CC1CC(Nc2ccc([N+](=O)[O-])c(Br)c2)C1. The maximum atomic E-state index is 10.6. The highest BCUT2D eigenvalue weighted by molar-refractivity contribution is 9.10. The Morgan fingerprint density at radius 1 is 1.50 bits per heavy atom. The Bertz CT molecular complexity index is 416. The third kappa shape index (κ3) is 2.35. The zero-order chi connectivity index (χ0) is 11.7. The summed E-state index contributed by atoms with van der Waals surface area (Å²) in [5, 5.41) is 14.0. The summed E-state index contributed by atoms with van der Waals surface area (Å²) in [6.45, 7) is 2.23. The molecule has 1 aromatic carbocycles. The molecule has 1 N–H and O–H groups in total. The molecular formula is C11H13BrN2O2. The van der Waals surface area contributed by atoms with E-state index in [1.807, 2.05) is 0 Å². The van der Waals surface area contributed by atoms with Gasteiger partial charge in [-0.15, -0.1) is 0 Å². The van der Waals surface area contributed by atoms with E-state index in [-0.39, 0.29) is 10.6 Å². The minimum absolute atomic E-state index is 0.104. The molecule has 0 unspecified atom stereocenters. The number of nitro benzene ring substituents is 1. The fraction of sp³-hybridized carbons (Fsp3) is 0.455. The molecule has 5 heteroatoms. The Labute approximate surface area is 102 Å². The molecule has 1 aromatic rings. The maximum absolute atomic E-state index is 10.6. The molecule has 1 fully saturated rings. The summed E-state index contributed by atoms with van der Waals surface area (Å²) in [5.41, 5.74) is 1.04. The second kappa shape index (κ2) is 4.41. The highest BCUT2D eigenvalue weighted by Crippen LogP contribution is 2.32. The number of halogens is 1. The van der Waals surface area contributed by atoms with Gasteiger partial charge in [-0.2, -0.15) is 0 Å². The number of nitrogens with one attached hydrogen (secondary N) is 1. The summed E-state index contributed by atoms with van der Waals surface area (Å²) in [5.74, 6) is 0.791. The van der Waals surface area contributed by atoms with Crippen molar-refractivity contribution in [1.82, 2.24) is 0 Å². The van der Waals surface area contributed by atoms with Crippen LogP contribution in [0.4, 0.5) is 11.4 Å². The van der Waals surface area contributed by atoms with Crippen LogP contribution in [0.25, 0.3) is 0 Å². The van der Waals surface area contributed by atoms with Gasteiger partial charge in [0.2, 0.25) is 0 Å². The summed E-state index contributed by atoms with van der Waals surface area (Å²) < 4.78 is 0.523. The van der Waals surface area contributed by atoms with Crippen molar-refractivity contribution in [3.05, 3.63) is 32.8 Å². The molecular weight excluding hydrogens is 272 g/mol. The van der Waals surface area contributed by atoms with Gasteiger partial charge in [0.25, 0.3) is 5.69 Å². The molecule has 86 valence electrons. The van der Waals surface area contributed by atoms with Crippen LogP contribution < -0.4 is 5.32 Å². The van der Waals surface area contributed by atoms with Crippen molar-refractivity contribution >= 4 is 27.3 Å². The van der Waals surface area contributed by atoms with Crippen molar-refractivity contribution in [1.29, 1.82) is 0 Å². The standard InChI is InChI=1S/C11H13BrN2O2/c1-7-4-9(5-7)13-8-2-3-11(14(15)16)10(12)6-8/h2-3,6-7,9,13H,4-5H2,1H3. The molecule has 0 spiro atoms. The largest absolute Gasteiger partial charge is 0.382 e. The first-order chi connectivity index (χ1) is 7.56. The van der Waals surface area contributed by atoms with Gasteiger partial charge in [0, 0.05) is 17.8 Å². The Morgan fingerprint density at radius 3 is 2.69 bits per heavy atom. The Kier molecular flexibility index (Phi) is 3.14. The molecule has 1 aliphatic carbocycles. The molecule has 4 nitrogen and oxygen atoms in total. The molecule has 0 amide bonds. The lowest BCUT2D eigenvalue weighted by molar-refractivity contribution is -0.385. The topological polar surface area (TPSA) is 55.2 Å². The van der Waals surface area contributed by atoms with E-state index < -0.39 is 0 Å². The van der Waals surface area contributed by atoms with Gasteiger partial charge in [0.1, 0.15) is 0 Å². The van der Waals surface area contributed by atoms with E-state index in [1.165, 1.54) is 18.9 Å². The van der Waals surface area contributed by atoms with Gasteiger partial charge < -0.3 is 5.32 Å². The molecule has 0 aromatic heterocycles. The highest BCUT2D eigenvalue weighted by Gasteiger charge is 2.25. The summed E-state index contributed by atoms with van der Waals surface area (Å²) >= 11 is 3.21. The van der Waals surface area contributed by atoms with E-state index in [0.29, 0.717) is 10.5 Å². The van der Waals surface area contributed by atoms with Crippen LogP contribution in [-0.4, -0.2) is 11.0 Å². The molecule has 1 aliphatic rings. The van der Waals surface area contributed by atoms with Crippen LogP contribution in [0, 0.1) is 16.0 Å². The van der Waals surface area contributed by atoms with Crippen LogP contribution in [0.2, 0.25) is 0 Å². The van der Waals surface area contributed by atoms with Crippen LogP contribution in [0.3, 0.4) is 0 Å². The number of nitrogens with zero attached hydrogens (tertiary/aromatic N) is 1. The van der Waals surface area contributed by atoms with Crippen LogP contribution in [0.15, 0.2) is 22.7 Å². The maximum Gasteiger partial charge on any atom is 0.283 e. The Morgan fingerprint density at radius 2 is 2.19 bits per heavy atom. The lowest BCUT2D eigenvalue weighted by atomic mass is 9.82. The van der Waals surface area contributed by atoms with E-state index in [1.54, 1.807) is 12.1 Å². The van der Waals surface area contributed by atoms with Crippen LogP contribution in [0.1, 0.15) is 19.8 Å². The molecule has 0 bridgehead atoms. The van der Waals surface area contributed by atoms with E-state index in [9.17, 15) is 10.1 Å². The van der Waals surface area contributed by atoms with E-state index >= 15 is 0 Å². The molecule has 1 saturated carbocycles. The monoisotopic (exact) mass is 284 g/mol. The predicted octanol–water partition coefficient (Wildman–Crippen LogP) is 3.57. The molecule has 0 saturated heterocycles. The summed E-state index contributed by atoms with van der Waals surface area (Å²) in [4.78, 5) is 10.2. The lowest BCUT2D eigenvalue weighted by Gasteiger charge is -2.34. The third-order valence-electron chi connectivity index (χ3n) is 2.89. The molecule has 16 heavy (non-hydrogen) atoms. The molecule has 0 atom stereocenters. The van der Waals surface area contributed by atoms with Crippen molar-refractivity contribution in [3.63, 3.8) is 0 Å². The zero-order valence-corrected chi connectivity index (χ0v) is 10.5. The average molecular weight is 285 g/mol.